The molecule has 1 aliphatic heterocycles. The normalized spacial score (nSPS) is 15.5. The van der Waals surface area contributed by atoms with Crippen LogP contribution in [0, 0.1) is 0 Å². The number of piperazine rings is 1. The number of thiophene rings is 1. The smallest absolute Gasteiger partial charge is 0.475 e. The van der Waals surface area contributed by atoms with Gasteiger partial charge in [0.25, 0.3) is 0 Å². The number of alkyl halides is 6. The van der Waals surface area contributed by atoms with Gasteiger partial charge in [0, 0.05) is 43.8 Å². The van der Waals surface area contributed by atoms with Crippen LogP contribution in [0.5, 0.6) is 0 Å². The van der Waals surface area contributed by atoms with Crippen molar-refractivity contribution in [2.24, 2.45) is 0 Å². The molecule has 0 saturated carbocycles. The van der Waals surface area contributed by atoms with Crippen molar-refractivity contribution in [1.82, 2.24) is 24.2 Å². The Morgan fingerprint density at radius 1 is 0.977 bits per heavy atom. The van der Waals surface area contributed by atoms with Crippen LogP contribution >= 0.6 is 11.3 Å². The third-order valence-electron chi connectivity index (χ3n) is 6.29. The third-order valence-corrected chi connectivity index (χ3v) is 7.02. The molecule has 4 aromatic rings. The van der Waals surface area contributed by atoms with Crippen molar-refractivity contribution in [2.45, 2.75) is 24.8 Å². The highest BCUT2D eigenvalue weighted by atomic mass is 32.1. The van der Waals surface area contributed by atoms with Crippen LogP contribution in [0.25, 0.3) is 16.6 Å². The summed E-state index contributed by atoms with van der Waals surface area (Å²) >= 11 is 1.63. The molecule has 5 heterocycles. The average Bonchev–Trinajstić information content (AvgIpc) is 3.63. The number of nitrogens with zero attached hydrogens (tertiary/aromatic N) is 5. The Bertz CT molecular complexity index is 1540. The van der Waals surface area contributed by atoms with Gasteiger partial charge in [-0.25, -0.2) is 14.6 Å². The minimum Gasteiger partial charge on any atom is -0.475 e. The maximum absolute atomic E-state index is 12.8. The lowest BCUT2D eigenvalue weighted by Crippen LogP contribution is -2.49. The van der Waals surface area contributed by atoms with Crippen molar-refractivity contribution in [2.75, 3.05) is 26.7 Å². The number of fused-ring (bicyclic) bond motifs is 1. The van der Waals surface area contributed by atoms with E-state index >= 15 is 0 Å². The van der Waals surface area contributed by atoms with Gasteiger partial charge in [0.2, 0.25) is 5.91 Å². The molecule has 44 heavy (non-hydrogen) atoms. The van der Waals surface area contributed by atoms with Crippen molar-refractivity contribution in [1.29, 1.82) is 0 Å². The van der Waals surface area contributed by atoms with E-state index in [9.17, 15) is 31.1 Å². The molecule has 1 atom stereocenters. The first-order valence-electron chi connectivity index (χ1n) is 12.5. The van der Waals surface area contributed by atoms with Gasteiger partial charge in [-0.15, -0.1) is 0 Å². The number of likely N-dealkylation sites (N-methyl/N-ethyl adjacent to an activating group) is 1. The molecule has 0 bridgehead atoms. The largest absolute Gasteiger partial charge is 0.490 e. The number of aromatic nitrogens is 3. The number of aliphatic carboxylic acids is 2. The van der Waals surface area contributed by atoms with Crippen LogP contribution in [0.1, 0.15) is 17.3 Å². The number of carboxylic acid groups (broad SMARTS) is 2. The molecule has 5 rings (SSSR count). The summed E-state index contributed by atoms with van der Waals surface area (Å²) in [5.74, 6) is -5.33. The van der Waals surface area contributed by atoms with Gasteiger partial charge in [0.05, 0.1) is 30.0 Å². The molecule has 236 valence electrons. The van der Waals surface area contributed by atoms with E-state index in [0.717, 1.165) is 41.0 Å². The first-order chi connectivity index (χ1) is 20.6. The number of pyridine rings is 2. The number of imidazole rings is 1. The predicted octanol–water partition coefficient (Wildman–Crippen LogP) is 4.78. The molecule has 0 radical (unpaired) electrons. The van der Waals surface area contributed by atoms with Crippen LogP contribution in [0.3, 0.4) is 0 Å². The number of amides is 1. The molecular formula is C27H25F6N5O5S. The first-order valence-corrected chi connectivity index (χ1v) is 13.5. The maximum atomic E-state index is 12.8. The van der Waals surface area contributed by atoms with Crippen LogP contribution in [0.4, 0.5) is 26.3 Å². The standard InChI is InChI=1S/C23H23N5OS.2C2HF3O2/c1-26-8-9-27(22(29)11-17-6-10-30-15-17)14-21(26)23-20-5-4-19(13-28(20)16-25-23)18-3-2-7-24-12-18;2*3-2(4,5)1(6)7/h2-7,10,12-13,15-16,21H,8-9,11,14H2,1H3;2*(H,6,7). The van der Waals surface area contributed by atoms with E-state index in [1.807, 2.05) is 40.3 Å². The van der Waals surface area contributed by atoms with Crippen molar-refractivity contribution < 1.29 is 50.9 Å². The number of rotatable bonds is 4. The molecule has 17 heteroatoms. The van der Waals surface area contributed by atoms with Crippen molar-refractivity contribution >= 4 is 34.7 Å². The fourth-order valence-corrected chi connectivity index (χ4v) is 4.73. The molecule has 10 nitrogen and oxygen atoms in total. The summed E-state index contributed by atoms with van der Waals surface area (Å²) in [6.07, 6.45) is -2.10. The molecule has 1 aliphatic rings. The van der Waals surface area contributed by atoms with E-state index in [0.29, 0.717) is 13.0 Å². The molecular weight excluding hydrogens is 620 g/mol. The lowest BCUT2D eigenvalue weighted by molar-refractivity contribution is -0.193. The second-order valence-electron chi connectivity index (χ2n) is 9.33. The molecule has 0 aliphatic carbocycles. The Kier molecular flexibility index (Phi) is 11.1. The van der Waals surface area contributed by atoms with Gasteiger partial charge >= 0.3 is 24.3 Å². The van der Waals surface area contributed by atoms with Crippen molar-refractivity contribution in [3.63, 3.8) is 0 Å². The van der Waals surface area contributed by atoms with Crippen LogP contribution in [0.2, 0.25) is 0 Å². The predicted molar refractivity (Wildman–Crippen MR) is 146 cm³/mol. The number of carboxylic acids is 2. The molecule has 0 aromatic carbocycles. The minimum atomic E-state index is -5.08. The molecule has 1 unspecified atom stereocenters. The Morgan fingerprint density at radius 3 is 2.18 bits per heavy atom. The second kappa shape index (κ2) is 14.3. The highest BCUT2D eigenvalue weighted by molar-refractivity contribution is 7.08. The van der Waals surface area contributed by atoms with Gasteiger partial charge in [-0.05, 0) is 47.1 Å². The summed E-state index contributed by atoms with van der Waals surface area (Å²) in [5.41, 5.74) is 5.37. The fraction of sp³-hybridized carbons (Fsp3) is 0.296. The lowest BCUT2D eigenvalue weighted by Gasteiger charge is -2.39. The van der Waals surface area contributed by atoms with Crippen LogP contribution in [-0.4, -0.2) is 91.3 Å². The number of halogens is 6. The van der Waals surface area contributed by atoms with Gasteiger partial charge < -0.3 is 19.5 Å². The van der Waals surface area contributed by atoms with E-state index < -0.39 is 24.3 Å². The third kappa shape index (κ3) is 9.24. The zero-order valence-corrected chi connectivity index (χ0v) is 23.6. The zero-order valence-electron chi connectivity index (χ0n) is 22.8. The van der Waals surface area contributed by atoms with E-state index in [1.54, 1.807) is 17.5 Å². The topological polar surface area (TPSA) is 128 Å². The average molecular weight is 646 g/mol. The molecule has 1 fully saturated rings. The van der Waals surface area contributed by atoms with Gasteiger partial charge in [-0.1, -0.05) is 12.1 Å². The monoisotopic (exact) mass is 645 g/mol. The SMILES string of the molecule is CN1CCN(C(=O)Cc2ccsc2)CC1c1ncn2cc(-c3cccnc3)ccc12.O=C(O)C(F)(F)F.O=C(O)C(F)(F)F. The van der Waals surface area contributed by atoms with Gasteiger partial charge in [-0.2, -0.15) is 37.7 Å². The lowest BCUT2D eigenvalue weighted by atomic mass is 10.1. The Labute approximate surface area is 249 Å². The summed E-state index contributed by atoms with van der Waals surface area (Å²) in [5, 5.41) is 18.3. The first kappa shape index (κ1) is 34.0. The summed E-state index contributed by atoms with van der Waals surface area (Å²) in [7, 11) is 2.11. The van der Waals surface area contributed by atoms with E-state index in [1.165, 1.54) is 0 Å². The van der Waals surface area contributed by atoms with Crippen molar-refractivity contribution in [3.05, 3.63) is 77.3 Å². The fourth-order valence-electron chi connectivity index (χ4n) is 4.06. The van der Waals surface area contributed by atoms with Crippen molar-refractivity contribution in [3.8, 4) is 11.1 Å². The zero-order chi connectivity index (χ0) is 32.7. The molecule has 1 amide bonds. The minimum absolute atomic E-state index is 0.0828. The number of hydrogen-bond donors (Lipinski definition) is 2. The van der Waals surface area contributed by atoms with Crippen LogP contribution in [0.15, 0.2) is 66.0 Å². The van der Waals surface area contributed by atoms with E-state index in [2.05, 4.69) is 45.7 Å². The van der Waals surface area contributed by atoms with Gasteiger partial charge in [0.1, 0.15) is 0 Å². The Morgan fingerprint density at radius 2 is 1.64 bits per heavy atom. The van der Waals surface area contributed by atoms with Crippen LogP contribution in [-0.2, 0) is 20.8 Å². The highest BCUT2D eigenvalue weighted by Crippen LogP contribution is 2.29. The summed E-state index contributed by atoms with van der Waals surface area (Å²) in [4.78, 5) is 43.9. The second-order valence-corrected chi connectivity index (χ2v) is 10.1. The quantitative estimate of drug-likeness (QED) is 0.304. The Balaban J connectivity index is 0.000000317. The number of carbonyl (C=O) groups is 3. The van der Waals surface area contributed by atoms with Crippen LogP contribution < -0.4 is 0 Å². The van der Waals surface area contributed by atoms with Gasteiger partial charge in [0.15, 0.2) is 0 Å². The Hall–Kier alpha value is -4.51. The molecule has 0 spiro atoms. The number of carbonyl (C=O) groups excluding carboxylic acids is 1. The van der Waals surface area contributed by atoms with Gasteiger partial charge in [-0.3, -0.25) is 14.7 Å². The van der Waals surface area contributed by atoms with E-state index in [4.69, 9.17) is 24.8 Å². The molecule has 2 N–H and O–H groups in total. The summed E-state index contributed by atoms with van der Waals surface area (Å²) in [6, 6.07) is 10.3. The molecule has 1 saturated heterocycles. The summed E-state index contributed by atoms with van der Waals surface area (Å²) < 4.78 is 65.5. The van der Waals surface area contributed by atoms with E-state index in [-0.39, 0.29) is 11.9 Å². The highest BCUT2D eigenvalue weighted by Gasteiger charge is 2.39. The number of hydrogen-bond acceptors (Lipinski definition) is 7. The maximum Gasteiger partial charge on any atom is 0.490 e. The summed E-state index contributed by atoms with van der Waals surface area (Å²) in [6.45, 7) is 2.26. The molecule has 4 aromatic heterocycles.